The van der Waals surface area contributed by atoms with Gasteiger partial charge in [-0.1, -0.05) is 6.92 Å². The van der Waals surface area contributed by atoms with Crippen LogP contribution < -0.4 is 10.6 Å². The number of hydrogen-bond donors (Lipinski definition) is 2. The Morgan fingerprint density at radius 1 is 1.29 bits per heavy atom. The molecular formula is C11H22N2O. The Hall–Kier alpha value is -0.570. The molecule has 1 fully saturated rings. The SMILES string of the molecule is CCC(=O)NCCCCNCC1CC1. The zero-order chi connectivity index (χ0) is 10.2. The van der Waals surface area contributed by atoms with Crippen molar-refractivity contribution in [2.24, 2.45) is 5.92 Å². The fourth-order valence-corrected chi connectivity index (χ4v) is 1.36. The summed E-state index contributed by atoms with van der Waals surface area (Å²) < 4.78 is 0. The Labute approximate surface area is 86.6 Å². The molecule has 1 saturated carbocycles. The summed E-state index contributed by atoms with van der Waals surface area (Å²) in [5, 5.41) is 6.31. The van der Waals surface area contributed by atoms with Crippen molar-refractivity contribution in [3.8, 4) is 0 Å². The van der Waals surface area contributed by atoms with E-state index in [9.17, 15) is 4.79 Å². The lowest BCUT2D eigenvalue weighted by atomic mass is 10.3. The first-order valence-electron chi connectivity index (χ1n) is 5.80. The lowest BCUT2D eigenvalue weighted by Gasteiger charge is -2.04. The summed E-state index contributed by atoms with van der Waals surface area (Å²) in [5.74, 6) is 1.13. The van der Waals surface area contributed by atoms with Crippen molar-refractivity contribution in [3.63, 3.8) is 0 Å². The van der Waals surface area contributed by atoms with E-state index in [0.717, 1.165) is 31.8 Å². The maximum absolute atomic E-state index is 10.9. The van der Waals surface area contributed by atoms with Crippen LogP contribution in [0.5, 0.6) is 0 Å². The highest BCUT2D eigenvalue weighted by Gasteiger charge is 2.19. The van der Waals surface area contributed by atoms with Crippen LogP contribution >= 0.6 is 0 Å². The molecule has 0 spiro atoms. The number of unbranched alkanes of at least 4 members (excludes halogenated alkanes) is 1. The van der Waals surface area contributed by atoms with Gasteiger partial charge in [0.2, 0.25) is 5.91 Å². The maximum atomic E-state index is 10.9. The minimum atomic E-state index is 0.163. The quantitative estimate of drug-likeness (QED) is 0.577. The first-order chi connectivity index (χ1) is 6.83. The van der Waals surface area contributed by atoms with E-state index in [-0.39, 0.29) is 5.91 Å². The highest BCUT2D eigenvalue weighted by Crippen LogP contribution is 2.27. The summed E-state index contributed by atoms with van der Waals surface area (Å²) in [5.41, 5.74) is 0. The van der Waals surface area contributed by atoms with E-state index in [1.165, 1.54) is 19.4 Å². The summed E-state index contributed by atoms with van der Waals surface area (Å²) in [6, 6.07) is 0. The van der Waals surface area contributed by atoms with Crippen LogP contribution in [0.2, 0.25) is 0 Å². The molecule has 3 heteroatoms. The normalized spacial score (nSPS) is 15.5. The third-order valence-electron chi connectivity index (χ3n) is 2.55. The highest BCUT2D eigenvalue weighted by atomic mass is 16.1. The lowest BCUT2D eigenvalue weighted by molar-refractivity contribution is -0.120. The van der Waals surface area contributed by atoms with Gasteiger partial charge in [0, 0.05) is 13.0 Å². The first kappa shape index (κ1) is 11.5. The molecule has 1 rings (SSSR count). The summed E-state index contributed by atoms with van der Waals surface area (Å²) >= 11 is 0. The van der Waals surface area contributed by atoms with Crippen molar-refractivity contribution < 1.29 is 4.79 Å². The Morgan fingerprint density at radius 2 is 2.00 bits per heavy atom. The molecule has 0 saturated heterocycles. The second kappa shape index (κ2) is 6.82. The van der Waals surface area contributed by atoms with E-state index in [0.29, 0.717) is 6.42 Å². The fourth-order valence-electron chi connectivity index (χ4n) is 1.36. The van der Waals surface area contributed by atoms with E-state index in [2.05, 4.69) is 10.6 Å². The van der Waals surface area contributed by atoms with Gasteiger partial charge in [-0.15, -0.1) is 0 Å². The number of carbonyl (C=O) groups excluding carboxylic acids is 1. The highest BCUT2D eigenvalue weighted by molar-refractivity contribution is 5.75. The lowest BCUT2D eigenvalue weighted by Crippen LogP contribution is -2.24. The molecule has 0 radical (unpaired) electrons. The number of rotatable bonds is 8. The molecule has 0 bridgehead atoms. The Balaban J connectivity index is 1.72. The molecule has 0 aromatic rings. The first-order valence-corrected chi connectivity index (χ1v) is 5.80. The predicted molar refractivity (Wildman–Crippen MR) is 58.1 cm³/mol. The molecule has 3 nitrogen and oxygen atoms in total. The number of hydrogen-bond acceptors (Lipinski definition) is 2. The molecule has 82 valence electrons. The van der Waals surface area contributed by atoms with Crippen LogP contribution in [0.3, 0.4) is 0 Å². The average Bonchev–Trinajstić information content (AvgIpc) is 2.99. The second-order valence-electron chi connectivity index (χ2n) is 4.06. The minimum absolute atomic E-state index is 0.163. The van der Waals surface area contributed by atoms with Gasteiger partial charge in [0.05, 0.1) is 0 Å². The molecule has 0 aromatic heterocycles. The third-order valence-corrected chi connectivity index (χ3v) is 2.55. The van der Waals surface area contributed by atoms with Crippen molar-refractivity contribution in [1.82, 2.24) is 10.6 Å². The van der Waals surface area contributed by atoms with Crippen LogP contribution in [0.15, 0.2) is 0 Å². The molecule has 1 aliphatic rings. The van der Waals surface area contributed by atoms with Gasteiger partial charge in [0.25, 0.3) is 0 Å². The van der Waals surface area contributed by atoms with Crippen LogP contribution in [0.1, 0.15) is 39.0 Å². The predicted octanol–water partition coefficient (Wildman–Crippen LogP) is 1.29. The molecule has 0 heterocycles. The van der Waals surface area contributed by atoms with Crippen LogP contribution in [0.4, 0.5) is 0 Å². The topological polar surface area (TPSA) is 41.1 Å². The van der Waals surface area contributed by atoms with Gasteiger partial charge in [-0.05, 0) is 44.7 Å². The summed E-state index contributed by atoms with van der Waals surface area (Å²) in [6.07, 6.45) is 5.68. The monoisotopic (exact) mass is 198 g/mol. The van der Waals surface area contributed by atoms with Gasteiger partial charge in [-0.25, -0.2) is 0 Å². The molecule has 14 heavy (non-hydrogen) atoms. The van der Waals surface area contributed by atoms with Crippen LogP contribution in [-0.4, -0.2) is 25.5 Å². The third kappa shape index (κ3) is 5.97. The van der Waals surface area contributed by atoms with Crippen LogP contribution in [-0.2, 0) is 4.79 Å². The molecule has 1 aliphatic carbocycles. The largest absolute Gasteiger partial charge is 0.356 e. The standard InChI is InChI=1S/C11H22N2O/c1-2-11(14)13-8-4-3-7-12-9-10-5-6-10/h10,12H,2-9H2,1H3,(H,13,14). The number of amides is 1. The zero-order valence-electron chi connectivity index (χ0n) is 9.14. The van der Waals surface area contributed by atoms with Gasteiger partial charge >= 0.3 is 0 Å². The van der Waals surface area contributed by atoms with Crippen molar-refractivity contribution in [2.75, 3.05) is 19.6 Å². The van der Waals surface area contributed by atoms with Crippen LogP contribution in [0, 0.1) is 5.92 Å². The van der Waals surface area contributed by atoms with Crippen LogP contribution in [0.25, 0.3) is 0 Å². The smallest absolute Gasteiger partial charge is 0.219 e. The summed E-state index contributed by atoms with van der Waals surface area (Å²) in [7, 11) is 0. The van der Waals surface area contributed by atoms with Gasteiger partial charge in [0.1, 0.15) is 0 Å². The maximum Gasteiger partial charge on any atom is 0.219 e. The molecule has 0 atom stereocenters. The van der Waals surface area contributed by atoms with Crippen molar-refractivity contribution in [3.05, 3.63) is 0 Å². The Morgan fingerprint density at radius 3 is 2.64 bits per heavy atom. The Bertz CT molecular complexity index is 167. The molecule has 0 unspecified atom stereocenters. The van der Waals surface area contributed by atoms with Gasteiger partial charge in [-0.2, -0.15) is 0 Å². The molecular weight excluding hydrogens is 176 g/mol. The van der Waals surface area contributed by atoms with Gasteiger partial charge in [0.15, 0.2) is 0 Å². The zero-order valence-corrected chi connectivity index (χ0v) is 9.14. The summed E-state index contributed by atoms with van der Waals surface area (Å²) in [4.78, 5) is 10.9. The number of carbonyl (C=O) groups is 1. The Kier molecular flexibility index (Phi) is 5.60. The molecule has 2 N–H and O–H groups in total. The molecule has 0 aromatic carbocycles. The van der Waals surface area contributed by atoms with E-state index in [4.69, 9.17) is 0 Å². The number of nitrogens with one attached hydrogen (secondary N) is 2. The van der Waals surface area contributed by atoms with Crippen molar-refractivity contribution >= 4 is 5.91 Å². The molecule has 1 amide bonds. The fraction of sp³-hybridized carbons (Fsp3) is 0.909. The van der Waals surface area contributed by atoms with Crippen molar-refractivity contribution in [1.29, 1.82) is 0 Å². The van der Waals surface area contributed by atoms with E-state index in [1.54, 1.807) is 0 Å². The van der Waals surface area contributed by atoms with E-state index >= 15 is 0 Å². The van der Waals surface area contributed by atoms with Gasteiger partial charge < -0.3 is 10.6 Å². The minimum Gasteiger partial charge on any atom is -0.356 e. The van der Waals surface area contributed by atoms with Crippen molar-refractivity contribution in [2.45, 2.75) is 39.0 Å². The van der Waals surface area contributed by atoms with Gasteiger partial charge in [-0.3, -0.25) is 4.79 Å². The average molecular weight is 198 g/mol. The second-order valence-corrected chi connectivity index (χ2v) is 4.06. The van der Waals surface area contributed by atoms with E-state index in [1.807, 2.05) is 6.92 Å². The molecule has 0 aliphatic heterocycles. The van der Waals surface area contributed by atoms with E-state index < -0.39 is 0 Å². The summed E-state index contributed by atoms with van der Waals surface area (Å²) in [6.45, 7) is 5.00.